The second-order valence-corrected chi connectivity index (χ2v) is 8.33. The lowest BCUT2D eigenvalue weighted by Crippen LogP contribution is -2.30. The zero-order valence-electron chi connectivity index (χ0n) is 15.1. The molecule has 0 spiro atoms. The van der Waals surface area contributed by atoms with Gasteiger partial charge >= 0.3 is 0 Å². The van der Waals surface area contributed by atoms with Gasteiger partial charge in [-0.05, 0) is 50.0 Å². The van der Waals surface area contributed by atoms with Crippen LogP contribution in [0, 0.1) is 5.92 Å². The first-order chi connectivity index (χ1) is 11.1. The molecular formula is C18H28N2O3S. The number of hydrogen-bond donors (Lipinski definition) is 1. The number of sulfonamides is 1. The van der Waals surface area contributed by atoms with E-state index in [9.17, 15) is 13.2 Å². The standard InChI is InChI=1S/C18H28N2O3S/c1-14(2)12-13-20(5)18(21)11-8-16-6-9-17(10-7-16)24(22,23)19-15(3)4/h6-11,14-15,19H,12-13H2,1-5H3/b11-8+. The highest BCUT2D eigenvalue weighted by Crippen LogP contribution is 2.12. The summed E-state index contributed by atoms with van der Waals surface area (Å²) in [5.41, 5.74) is 0.782. The van der Waals surface area contributed by atoms with E-state index in [-0.39, 0.29) is 16.8 Å². The van der Waals surface area contributed by atoms with Gasteiger partial charge in [0.15, 0.2) is 0 Å². The van der Waals surface area contributed by atoms with Gasteiger partial charge < -0.3 is 4.90 Å². The summed E-state index contributed by atoms with van der Waals surface area (Å²) in [7, 11) is -1.71. The minimum absolute atomic E-state index is 0.0613. The first-order valence-corrected chi connectivity index (χ1v) is 9.65. The number of nitrogens with one attached hydrogen (secondary N) is 1. The van der Waals surface area contributed by atoms with E-state index in [2.05, 4.69) is 18.6 Å². The molecule has 0 atom stereocenters. The zero-order chi connectivity index (χ0) is 18.3. The summed E-state index contributed by atoms with van der Waals surface area (Å²) in [4.78, 5) is 13.9. The highest BCUT2D eigenvalue weighted by Gasteiger charge is 2.14. The van der Waals surface area contributed by atoms with Gasteiger partial charge in [-0.1, -0.05) is 26.0 Å². The Morgan fingerprint density at radius 2 is 1.75 bits per heavy atom. The summed E-state index contributed by atoms with van der Waals surface area (Å²) in [6.07, 6.45) is 4.17. The van der Waals surface area contributed by atoms with Crippen molar-refractivity contribution in [2.45, 2.75) is 45.1 Å². The molecule has 1 amide bonds. The van der Waals surface area contributed by atoms with Crippen molar-refractivity contribution >= 4 is 22.0 Å². The van der Waals surface area contributed by atoms with E-state index in [1.165, 1.54) is 18.2 Å². The molecule has 0 aliphatic rings. The zero-order valence-corrected chi connectivity index (χ0v) is 15.9. The van der Waals surface area contributed by atoms with Crippen molar-refractivity contribution in [3.63, 3.8) is 0 Å². The topological polar surface area (TPSA) is 66.5 Å². The largest absolute Gasteiger partial charge is 0.342 e. The van der Waals surface area contributed by atoms with Gasteiger partial charge in [0, 0.05) is 25.7 Å². The molecule has 0 aliphatic heterocycles. The molecule has 5 nitrogen and oxygen atoms in total. The van der Waals surface area contributed by atoms with Gasteiger partial charge in [-0.15, -0.1) is 0 Å². The predicted molar refractivity (Wildman–Crippen MR) is 98.0 cm³/mol. The number of likely N-dealkylation sites (N-methyl/N-ethyl adjacent to an activating group) is 1. The third kappa shape index (κ3) is 6.84. The summed E-state index contributed by atoms with van der Waals surface area (Å²) >= 11 is 0. The quantitative estimate of drug-likeness (QED) is 0.732. The second-order valence-electron chi connectivity index (χ2n) is 6.62. The molecule has 0 fully saturated rings. The average molecular weight is 353 g/mol. The number of carbonyl (C=O) groups excluding carboxylic acids is 1. The van der Waals surface area contributed by atoms with Gasteiger partial charge in [0.25, 0.3) is 0 Å². The molecule has 0 aromatic heterocycles. The van der Waals surface area contributed by atoms with Crippen LogP contribution in [0.2, 0.25) is 0 Å². The number of nitrogens with zero attached hydrogens (tertiary/aromatic N) is 1. The Morgan fingerprint density at radius 1 is 1.17 bits per heavy atom. The summed E-state index contributed by atoms with van der Waals surface area (Å²) in [5, 5.41) is 0. The summed E-state index contributed by atoms with van der Waals surface area (Å²) < 4.78 is 26.6. The van der Waals surface area contributed by atoms with Gasteiger partial charge in [0.1, 0.15) is 0 Å². The van der Waals surface area contributed by atoms with Gasteiger partial charge in [-0.3, -0.25) is 4.79 Å². The van der Waals surface area contributed by atoms with E-state index in [0.717, 1.165) is 18.5 Å². The monoisotopic (exact) mass is 352 g/mol. The molecule has 1 rings (SSSR count). The van der Waals surface area contributed by atoms with Gasteiger partial charge in [-0.2, -0.15) is 0 Å². The molecular weight excluding hydrogens is 324 g/mol. The average Bonchev–Trinajstić information content (AvgIpc) is 2.49. The third-order valence-corrected chi connectivity index (χ3v) is 5.09. The minimum atomic E-state index is -3.49. The van der Waals surface area contributed by atoms with Gasteiger partial charge in [0.2, 0.25) is 15.9 Å². The number of rotatable bonds is 8. The Balaban J connectivity index is 2.71. The van der Waals surface area contributed by atoms with E-state index in [1.807, 2.05) is 0 Å². The van der Waals surface area contributed by atoms with E-state index in [0.29, 0.717) is 5.92 Å². The lowest BCUT2D eigenvalue weighted by Gasteiger charge is -2.16. The molecule has 0 unspecified atom stereocenters. The third-order valence-electron chi connectivity index (χ3n) is 3.42. The van der Waals surface area contributed by atoms with Crippen LogP contribution in [0.5, 0.6) is 0 Å². The molecule has 0 saturated carbocycles. The molecule has 0 saturated heterocycles. The number of hydrogen-bond acceptors (Lipinski definition) is 3. The van der Waals surface area contributed by atoms with Crippen molar-refractivity contribution in [3.05, 3.63) is 35.9 Å². The lowest BCUT2D eigenvalue weighted by molar-refractivity contribution is -0.124. The lowest BCUT2D eigenvalue weighted by atomic mass is 10.1. The molecule has 1 N–H and O–H groups in total. The van der Waals surface area contributed by atoms with E-state index in [4.69, 9.17) is 0 Å². The first kappa shape index (κ1) is 20.4. The maximum absolute atomic E-state index is 12.0. The number of amides is 1. The maximum Gasteiger partial charge on any atom is 0.246 e. The van der Waals surface area contributed by atoms with Crippen molar-refractivity contribution in [2.75, 3.05) is 13.6 Å². The van der Waals surface area contributed by atoms with E-state index >= 15 is 0 Å². The van der Waals surface area contributed by atoms with E-state index < -0.39 is 10.0 Å². The Morgan fingerprint density at radius 3 is 2.25 bits per heavy atom. The molecule has 0 heterocycles. The van der Waals surface area contributed by atoms with Crippen LogP contribution in [0.3, 0.4) is 0 Å². The predicted octanol–water partition coefficient (Wildman–Crippen LogP) is 2.89. The highest BCUT2D eigenvalue weighted by molar-refractivity contribution is 7.89. The molecule has 24 heavy (non-hydrogen) atoms. The number of benzene rings is 1. The molecule has 0 bridgehead atoms. The van der Waals surface area contributed by atoms with Crippen molar-refractivity contribution in [1.82, 2.24) is 9.62 Å². The van der Waals surface area contributed by atoms with Crippen LogP contribution in [0.4, 0.5) is 0 Å². The Hall–Kier alpha value is -1.66. The Bertz CT molecular complexity index is 662. The van der Waals surface area contributed by atoms with Crippen LogP contribution in [0.1, 0.15) is 39.7 Å². The fourth-order valence-corrected chi connectivity index (χ4v) is 3.24. The fourth-order valence-electron chi connectivity index (χ4n) is 1.99. The van der Waals surface area contributed by atoms with Crippen LogP contribution >= 0.6 is 0 Å². The smallest absolute Gasteiger partial charge is 0.246 e. The SMILES string of the molecule is CC(C)CCN(C)C(=O)/C=C/c1ccc(S(=O)(=O)NC(C)C)cc1. The van der Waals surface area contributed by atoms with Crippen LogP contribution in [-0.2, 0) is 14.8 Å². The molecule has 1 aromatic carbocycles. The highest BCUT2D eigenvalue weighted by atomic mass is 32.2. The molecule has 134 valence electrons. The Labute approximate surface area is 145 Å². The maximum atomic E-state index is 12.0. The second kappa shape index (κ2) is 8.99. The van der Waals surface area contributed by atoms with Crippen LogP contribution in [0.15, 0.2) is 35.2 Å². The van der Waals surface area contributed by atoms with E-state index in [1.54, 1.807) is 44.0 Å². The first-order valence-electron chi connectivity index (χ1n) is 8.17. The summed E-state index contributed by atoms with van der Waals surface area (Å²) in [6.45, 7) is 8.51. The summed E-state index contributed by atoms with van der Waals surface area (Å²) in [6, 6.07) is 6.29. The van der Waals surface area contributed by atoms with Crippen molar-refractivity contribution in [2.24, 2.45) is 5.92 Å². The van der Waals surface area contributed by atoms with Crippen molar-refractivity contribution in [1.29, 1.82) is 0 Å². The molecule has 6 heteroatoms. The normalized spacial score (nSPS) is 12.3. The fraction of sp³-hybridized carbons (Fsp3) is 0.500. The molecule has 0 aliphatic carbocycles. The van der Waals surface area contributed by atoms with Crippen LogP contribution < -0.4 is 4.72 Å². The number of carbonyl (C=O) groups is 1. The Kier molecular flexibility index (Phi) is 7.63. The van der Waals surface area contributed by atoms with Gasteiger partial charge in [0.05, 0.1) is 4.90 Å². The van der Waals surface area contributed by atoms with Crippen LogP contribution in [-0.4, -0.2) is 38.9 Å². The van der Waals surface area contributed by atoms with Crippen molar-refractivity contribution in [3.8, 4) is 0 Å². The molecule has 1 aromatic rings. The van der Waals surface area contributed by atoms with Crippen molar-refractivity contribution < 1.29 is 13.2 Å². The van der Waals surface area contributed by atoms with Gasteiger partial charge in [-0.25, -0.2) is 13.1 Å². The summed E-state index contributed by atoms with van der Waals surface area (Å²) in [5.74, 6) is 0.493. The molecule has 0 radical (unpaired) electrons. The van der Waals surface area contributed by atoms with Crippen LogP contribution in [0.25, 0.3) is 6.08 Å². The minimum Gasteiger partial charge on any atom is -0.342 e.